The molecule has 0 saturated heterocycles. The van der Waals surface area contributed by atoms with Gasteiger partial charge in [-0.1, -0.05) is 28.8 Å². The molecule has 0 fully saturated rings. The third-order valence-corrected chi connectivity index (χ3v) is 3.31. The first-order chi connectivity index (χ1) is 8.70. The minimum absolute atomic E-state index is 0.000338. The number of nitrogens with one attached hydrogen (secondary N) is 1. The number of carbonyl (C=O) groups is 1. The quantitative estimate of drug-likeness (QED) is 0.871. The summed E-state index contributed by atoms with van der Waals surface area (Å²) < 4.78 is 3.72. The van der Waals surface area contributed by atoms with Gasteiger partial charge in [0.25, 0.3) is 5.91 Å². The Bertz CT molecular complexity index is 554. The van der Waals surface area contributed by atoms with Gasteiger partial charge in [0, 0.05) is 6.54 Å². The van der Waals surface area contributed by atoms with Crippen LogP contribution in [0.25, 0.3) is 0 Å². The van der Waals surface area contributed by atoms with Crippen LogP contribution in [0.5, 0.6) is 0 Å². The molecule has 0 radical (unpaired) electrons. The van der Waals surface area contributed by atoms with Crippen LogP contribution in [-0.4, -0.2) is 20.6 Å². The Morgan fingerprint density at radius 2 is 2.22 bits per heavy atom. The number of nitrogens with zero attached hydrogens (tertiary/aromatic N) is 2. The van der Waals surface area contributed by atoms with Gasteiger partial charge in [0.1, 0.15) is 4.88 Å². The summed E-state index contributed by atoms with van der Waals surface area (Å²) in [4.78, 5) is 12.4. The van der Waals surface area contributed by atoms with E-state index in [0.717, 1.165) is 22.7 Å². The molecule has 6 heteroatoms. The van der Waals surface area contributed by atoms with Crippen LogP contribution in [-0.2, 0) is 13.2 Å². The second-order valence-electron chi connectivity index (χ2n) is 3.85. The summed E-state index contributed by atoms with van der Waals surface area (Å²) in [5.74, 6) is -0.170. The minimum Gasteiger partial charge on any atom is -0.392 e. The molecule has 0 spiro atoms. The summed E-state index contributed by atoms with van der Waals surface area (Å²) in [5.41, 5.74) is 2.42. The van der Waals surface area contributed by atoms with Gasteiger partial charge in [-0.15, -0.1) is 5.10 Å². The Hall–Kier alpha value is -1.79. The van der Waals surface area contributed by atoms with Crippen LogP contribution in [0, 0.1) is 6.92 Å². The van der Waals surface area contributed by atoms with E-state index in [0.29, 0.717) is 17.1 Å². The molecule has 2 aromatic rings. The van der Waals surface area contributed by atoms with Gasteiger partial charge in [0.15, 0.2) is 0 Å². The molecule has 2 rings (SSSR count). The van der Waals surface area contributed by atoms with Gasteiger partial charge in [0.2, 0.25) is 0 Å². The molecule has 1 aromatic heterocycles. The first kappa shape index (κ1) is 12.7. The fourth-order valence-electron chi connectivity index (χ4n) is 1.54. The number of rotatable bonds is 4. The van der Waals surface area contributed by atoms with Crippen LogP contribution in [0.3, 0.4) is 0 Å². The van der Waals surface area contributed by atoms with E-state index in [-0.39, 0.29) is 12.5 Å². The highest BCUT2D eigenvalue weighted by atomic mass is 32.1. The van der Waals surface area contributed by atoms with Crippen LogP contribution < -0.4 is 5.32 Å². The fourth-order valence-corrected chi connectivity index (χ4v) is 2.11. The van der Waals surface area contributed by atoms with Gasteiger partial charge in [-0.3, -0.25) is 4.79 Å². The molecule has 0 aliphatic carbocycles. The summed E-state index contributed by atoms with van der Waals surface area (Å²) in [6.45, 7) is 2.18. The first-order valence-electron chi connectivity index (χ1n) is 5.46. The standard InChI is InChI=1S/C12H13N3O2S/c1-8-11(18-15-14-8)12(17)13-6-9-3-2-4-10(5-9)7-16/h2-5,16H,6-7H2,1H3,(H,13,17). The van der Waals surface area contributed by atoms with Crippen molar-refractivity contribution in [1.82, 2.24) is 14.9 Å². The minimum atomic E-state index is -0.170. The van der Waals surface area contributed by atoms with Crippen LogP contribution >= 0.6 is 11.5 Å². The molecule has 0 aliphatic heterocycles. The molecule has 0 saturated carbocycles. The Morgan fingerprint density at radius 3 is 2.89 bits per heavy atom. The second-order valence-corrected chi connectivity index (χ2v) is 4.60. The lowest BCUT2D eigenvalue weighted by Crippen LogP contribution is -2.22. The third-order valence-electron chi connectivity index (χ3n) is 2.48. The average Bonchev–Trinajstić information content (AvgIpc) is 2.82. The summed E-state index contributed by atoms with van der Waals surface area (Å²) in [5, 5.41) is 15.6. The van der Waals surface area contributed by atoms with Gasteiger partial charge in [0.05, 0.1) is 12.3 Å². The van der Waals surface area contributed by atoms with Crippen molar-refractivity contribution in [3.05, 3.63) is 46.0 Å². The first-order valence-corrected chi connectivity index (χ1v) is 6.24. The highest BCUT2D eigenvalue weighted by Gasteiger charge is 2.12. The molecular formula is C12H13N3O2S. The number of benzene rings is 1. The molecule has 0 unspecified atom stereocenters. The predicted molar refractivity (Wildman–Crippen MR) is 68.2 cm³/mol. The number of amides is 1. The van der Waals surface area contributed by atoms with Crippen LogP contribution in [0.2, 0.25) is 0 Å². The molecule has 2 N–H and O–H groups in total. The van der Waals surface area contributed by atoms with E-state index in [4.69, 9.17) is 5.11 Å². The van der Waals surface area contributed by atoms with Gasteiger partial charge in [-0.2, -0.15) is 0 Å². The van der Waals surface area contributed by atoms with E-state index in [1.807, 2.05) is 24.3 Å². The topological polar surface area (TPSA) is 75.1 Å². The zero-order valence-corrected chi connectivity index (χ0v) is 10.7. The Balaban J connectivity index is 1.99. The van der Waals surface area contributed by atoms with E-state index in [1.165, 1.54) is 0 Å². The van der Waals surface area contributed by atoms with Crippen LogP contribution in [0.4, 0.5) is 0 Å². The number of aliphatic hydroxyl groups is 1. The van der Waals surface area contributed by atoms with Gasteiger partial charge in [-0.05, 0) is 29.6 Å². The number of hydrogen-bond donors (Lipinski definition) is 2. The molecule has 5 nitrogen and oxygen atoms in total. The highest BCUT2D eigenvalue weighted by molar-refractivity contribution is 7.07. The normalized spacial score (nSPS) is 10.3. The van der Waals surface area contributed by atoms with Crippen molar-refractivity contribution in [3.8, 4) is 0 Å². The molecule has 94 valence electrons. The zero-order chi connectivity index (χ0) is 13.0. The lowest BCUT2D eigenvalue weighted by molar-refractivity contribution is 0.0954. The number of hydrogen-bond acceptors (Lipinski definition) is 5. The third kappa shape index (κ3) is 2.91. The van der Waals surface area contributed by atoms with Gasteiger partial charge < -0.3 is 10.4 Å². The molecule has 1 amide bonds. The van der Waals surface area contributed by atoms with Gasteiger partial charge in [-0.25, -0.2) is 0 Å². The largest absolute Gasteiger partial charge is 0.392 e. The van der Waals surface area contributed by atoms with Crippen molar-refractivity contribution in [3.63, 3.8) is 0 Å². The molecule has 0 atom stereocenters. The Labute approximate surface area is 109 Å². The number of aromatic nitrogens is 2. The molecule has 0 aliphatic rings. The average molecular weight is 263 g/mol. The van der Waals surface area contributed by atoms with E-state index in [9.17, 15) is 4.79 Å². The predicted octanol–water partition coefficient (Wildman–Crippen LogP) is 1.27. The lowest BCUT2D eigenvalue weighted by atomic mass is 10.1. The molecule has 0 bridgehead atoms. The maximum atomic E-state index is 11.8. The van der Waals surface area contributed by atoms with Crippen LogP contribution in [0.1, 0.15) is 26.5 Å². The maximum Gasteiger partial charge on any atom is 0.265 e. The van der Waals surface area contributed by atoms with E-state index in [2.05, 4.69) is 14.9 Å². The molecule has 18 heavy (non-hydrogen) atoms. The number of aryl methyl sites for hydroxylation is 1. The van der Waals surface area contributed by atoms with E-state index < -0.39 is 0 Å². The lowest BCUT2D eigenvalue weighted by Gasteiger charge is -2.05. The van der Waals surface area contributed by atoms with Crippen molar-refractivity contribution in [2.45, 2.75) is 20.1 Å². The smallest absolute Gasteiger partial charge is 0.265 e. The summed E-state index contributed by atoms with van der Waals surface area (Å²) in [6, 6.07) is 7.45. The monoisotopic (exact) mass is 263 g/mol. The molecular weight excluding hydrogens is 250 g/mol. The second kappa shape index (κ2) is 5.70. The molecule has 1 aromatic carbocycles. The number of aliphatic hydroxyl groups excluding tert-OH is 1. The van der Waals surface area contributed by atoms with Crippen molar-refractivity contribution in [2.24, 2.45) is 0 Å². The van der Waals surface area contributed by atoms with Gasteiger partial charge >= 0.3 is 0 Å². The van der Waals surface area contributed by atoms with Crippen molar-refractivity contribution in [1.29, 1.82) is 0 Å². The van der Waals surface area contributed by atoms with E-state index in [1.54, 1.807) is 6.92 Å². The van der Waals surface area contributed by atoms with Crippen molar-refractivity contribution < 1.29 is 9.90 Å². The Morgan fingerprint density at radius 1 is 1.44 bits per heavy atom. The van der Waals surface area contributed by atoms with E-state index >= 15 is 0 Å². The fraction of sp³-hybridized carbons (Fsp3) is 0.250. The summed E-state index contributed by atoms with van der Waals surface area (Å²) in [6.07, 6.45) is 0. The maximum absolute atomic E-state index is 11.8. The Kier molecular flexibility index (Phi) is 4.01. The zero-order valence-electron chi connectivity index (χ0n) is 9.88. The van der Waals surface area contributed by atoms with Crippen molar-refractivity contribution in [2.75, 3.05) is 0 Å². The highest BCUT2D eigenvalue weighted by Crippen LogP contribution is 2.10. The summed E-state index contributed by atoms with van der Waals surface area (Å²) >= 11 is 1.09. The SMILES string of the molecule is Cc1nnsc1C(=O)NCc1cccc(CO)c1. The van der Waals surface area contributed by atoms with Crippen molar-refractivity contribution >= 4 is 17.4 Å². The number of carbonyl (C=O) groups excluding carboxylic acids is 1. The molecule has 1 heterocycles. The summed E-state index contributed by atoms with van der Waals surface area (Å²) in [7, 11) is 0. The van der Waals surface area contributed by atoms with Crippen LogP contribution in [0.15, 0.2) is 24.3 Å².